The van der Waals surface area contributed by atoms with Crippen molar-refractivity contribution in [3.63, 3.8) is 0 Å². The van der Waals surface area contributed by atoms with Gasteiger partial charge in [-0.2, -0.15) is 13.2 Å². The maximum atomic E-state index is 12.4. The van der Waals surface area contributed by atoms with Gasteiger partial charge in [0.1, 0.15) is 0 Å². The van der Waals surface area contributed by atoms with E-state index < -0.39 is 12.7 Å². The summed E-state index contributed by atoms with van der Waals surface area (Å²) in [6.45, 7) is 1.40. The first kappa shape index (κ1) is 15.6. The number of amides is 1. The monoisotopic (exact) mass is 293 g/mol. The third-order valence-corrected chi connectivity index (χ3v) is 3.95. The van der Waals surface area contributed by atoms with E-state index in [1.54, 1.807) is 0 Å². The summed E-state index contributed by atoms with van der Waals surface area (Å²) in [5.74, 6) is 0.104. The molecule has 2 aliphatic rings. The average molecular weight is 293 g/mol. The van der Waals surface area contributed by atoms with E-state index in [0.29, 0.717) is 19.6 Å². The van der Waals surface area contributed by atoms with E-state index >= 15 is 0 Å². The van der Waals surface area contributed by atoms with Crippen LogP contribution < -0.4 is 10.6 Å². The topological polar surface area (TPSA) is 44.4 Å². The molecule has 0 aliphatic carbocycles. The van der Waals surface area contributed by atoms with Crippen molar-refractivity contribution in [2.75, 3.05) is 32.7 Å². The third kappa shape index (κ3) is 4.94. The summed E-state index contributed by atoms with van der Waals surface area (Å²) in [7, 11) is 0. The molecule has 2 aliphatic heterocycles. The minimum absolute atomic E-state index is 0.0181. The highest BCUT2D eigenvalue weighted by Gasteiger charge is 2.33. The maximum Gasteiger partial charge on any atom is 0.401 e. The lowest BCUT2D eigenvalue weighted by Gasteiger charge is -2.33. The van der Waals surface area contributed by atoms with E-state index in [4.69, 9.17) is 0 Å². The summed E-state index contributed by atoms with van der Waals surface area (Å²) >= 11 is 0. The zero-order chi connectivity index (χ0) is 14.6. The van der Waals surface area contributed by atoms with Crippen molar-refractivity contribution in [1.29, 1.82) is 0 Å². The van der Waals surface area contributed by atoms with Gasteiger partial charge in [0.25, 0.3) is 0 Å². The number of nitrogens with zero attached hydrogens (tertiary/aromatic N) is 1. The maximum absolute atomic E-state index is 12.4. The molecular formula is C13H22F3N3O. The van der Waals surface area contributed by atoms with Crippen LogP contribution in [0.3, 0.4) is 0 Å². The molecule has 0 aromatic heterocycles. The van der Waals surface area contributed by atoms with Crippen LogP contribution in [0, 0.1) is 5.92 Å². The van der Waals surface area contributed by atoms with Gasteiger partial charge in [-0.05, 0) is 44.7 Å². The van der Waals surface area contributed by atoms with Crippen LogP contribution in [-0.2, 0) is 4.79 Å². The second-order valence-electron chi connectivity index (χ2n) is 5.75. The summed E-state index contributed by atoms with van der Waals surface area (Å²) in [4.78, 5) is 13.3. The summed E-state index contributed by atoms with van der Waals surface area (Å²) < 4.78 is 37.1. The van der Waals surface area contributed by atoms with Crippen LogP contribution in [0.2, 0.25) is 0 Å². The van der Waals surface area contributed by atoms with Gasteiger partial charge in [-0.1, -0.05) is 0 Å². The molecule has 2 fully saturated rings. The number of halogens is 3. The number of nitrogens with one attached hydrogen (secondary N) is 2. The summed E-state index contributed by atoms with van der Waals surface area (Å²) in [5, 5.41) is 5.98. The molecule has 0 radical (unpaired) electrons. The number of rotatable bonds is 4. The first-order chi connectivity index (χ1) is 9.44. The molecule has 0 spiro atoms. The fourth-order valence-corrected chi connectivity index (χ4v) is 2.99. The Bertz CT molecular complexity index is 329. The highest BCUT2D eigenvalue weighted by atomic mass is 19.4. The molecule has 2 heterocycles. The van der Waals surface area contributed by atoms with E-state index in [0.717, 1.165) is 32.2 Å². The van der Waals surface area contributed by atoms with Crippen molar-refractivity contribution in [2.24, 2.45) is 5.92 Å². The molecule has 116 valence electrons. The van der Waals surface area contributed by atoms with Gasteiger partial charge in [-0.25, -0.2) is 0 Å². The minimum Gasteiger partial charge on any atom is -0.354 e. The van der Waals surface area contributed by atoms with Gasteiger partial charge in [-0.3, -0.25) is 9.69 Å². The van der Waals surface area contributed by atoms with Gasteiger partial charge in [0.15, 0.2) is 0 Å². The number of carbonyl (C=O) groups is 1. The van der Waals surface area contributed by atoms with Crippen LogP contribution in [0.15, 0.2) is 0 Å². The summed E-state index contributed by atoms with van der Waals surface area (Å²) in [6.07, 6.45) is -0.651. The largest absolute Gasteiger partial charge is 0.401 e. The smallest absolute Gasteiger partial charge is 0.354 e. The minimum atomic E-state index is -4.14. The lowest BCUT2D eigenvalue weighted by atomic mass is 9.98. The quantitative estimate of drug-likeness (QED) is 0.817. The summed E-state index contributed by atoms with van der Waals surface area (Å²) in [6, 6.07) is -0.120. The molecule has 4 nitrogen and oxygen atoms in total. The Labute approximate surface area is 117 Å². The van der Waals surface area contributed by atoms with Crippen LogP contribution >= 0.6 is 0 Å². The second-order valence-corrected chi connectivity index (χ2v) is 5.75. The van der Waals surface area contributed by atoms with Crippen molar-refractivity contribution < 1.29 is 18.0 Å². The lowest BCUT2D eigenvalue weighted by Crippen LogP contribution is -2.47. The molecule has 2 saturated heterocycles. The lowest BCUT2D eigenvalue weighted by molar-refractivity contribution is -0.149. The van der Waals surface area contributed by atoms with Gasteiger partial charge >= 0.3 is 6.18 Å². The standard InChI is InChI=1S/C13H22F3N3O/c14-13(15,16)9-19-6-2-3-10(8-19)7-18-12(20)11-4-1-5-17-11/h10-11,17H,1-9H2,(H,18,20). The zero-order valence-corrected chi connectivity index (χ0v) is 11.5. The van der Waals surface area contributed by atoms with Gasteiger partial charge in [-0.15, -0.1) is 0 Å². The van der Waals surface area contributed by atoms with Gasteiger partial charge in [0, 0.05) is 13.1 Å². The molecule has 0 aromatic carbocycles. The molecule has 0 saturated carbocycles. The van der Waals surface area contributed by atoms with Gasteiger partial charge < -0.3 is 10.6 Å². The first-order valence-corrected chi connectivity index (χ1v) is 7.24. The highest BCUT2D eigenvalue weighted by molar-refractivity contribution is 5.81. The predicted octanol–water partition coefficient (Wildman–Crippen LogP) is 1.13. The normalized spacial score (nSPS) is 28.6. The Balaban J connectivity index is 1.71. The number of hydrogen-bond donors (Lipinski definition) is 2. The molecule has 2 atom stereocenters. The molecular weight excluding hydrogens is 271 g/mol. The molecule has 2 unspecified atom stereocenters. The molecule has 7 heteroatoms. The third-order valence-electron chi connectivity index (χ3n) is 3.95. The number of alkyl halides is 3. The second kappa shape index (κ2) is 6.76. The highest BCUT2D eigenvalue weighted by Crippen LogP contribution is 2.22. The fourth-order valence-electron chi connectivity index (χ4n) is 2.99. The number of carbonyl (C=O) groups excluding carboxylic acids is 1. The van der Waals surface area contributed by atoms with Crippen molar-refractivity contribution in [2.45, 2.75) is 37.9 Å². The Morgan fingerprint density at radius 2 is 2.10 bits per heavy atom. The number of hydrogen-bond acceptors (Lipinski definition) is 3. The van der Waals surface area contributed by atoms with Crippen LogP contribution in [-0.4, -0.2) is 55.7 Å². The Hall–Kier alpha value is -0.820. The van der Waals surface area contributed by atoms with Gasteiger partial charge in [0.2, 0.25) is 5.91 Å². The zero-order valence-electron chi connectivity index (χ0n) is 11.5. The van der Waals surface area contributed by atoms with E-state index in [2.05, 4.69) is 10.6 Å². The number of piperidine rings is 1. The van der Waals surface area contributed by atoms with E-state index in [1.165, 1.54) is 4.90 Å². The average Bonchev–Trinajstić information content (AvgIpc) is 2.88. The Kier molecular flexibility index (Phi) is 5.26. The molecule has 1 amide bonds. The van der Waals surface area contributed by atoms with Crippen molar-refractivity contribution >= 4 is 5.91 Å². The molecule has 2 N–H and O–H groups in total. The van der Waals surface area contributed by atoms with Crippen LogP contribution in [0.4, 0.5) is 13.2 Å². The summed E-state index contributed by atoms with van der Waals surface area (Å²) in [5.41, 5.74) is 0. The van der Waals surface area contributed by atoms with E-state index in [-0.39, 0.29) is 17.9 Å². The molecule has 2 rings (SSSR count). The number of likely N-dealkylation sites (tertiary alicyclic amines) is 1. The van der Waals surface area contributed by atoms with Crippen molar-refractivity contribution in [1.82, 2.24) is 15.5 Å². The van der Waals surface area contributed by atoms with E-state index in [9.17, 15) is 18.0 Å². The predicted molar refractivity (Wildman–Crippen MR) is 69.3 cm³/mol. The van der Waals surface area contributed by atoms with Gasteiger partial charge in [0.05, 0.1) is 12.6 Å². The SMILES string of the molecule is O=C(NCC1CCCN(CC(F)(F)F)C1)C1CCCN1. The Morgan fingerprint density at radius 3 is 2.75 bits per heavy atom. The van der Waals surface area contributed by atoms with Crippen LogP contribution in [0.1, 0.15) is 25.7 Å². The van der Waals surface area contributed by atoms with Crippen LogP contribution in [0.5, 0.6) is 0 Å². The van der Waals surface area contributed by atoms with Crippen molar-refractivity contribution in [3.8, 4) is 0 Å². The fraction of sp³-hybridized carbons (Fsp3) is 0.923. The first-order valence-electron chi connectivity index (χ1n) is 7.24. The molecule has 20 heavy (non-hydrogen) atoms. The van der Waals surface area contributed by atoms with E-state index in [1.807, 2.05) is 0 Å². The molecule has 0 bridgehead atoms. The van der Waals surface area contributed by atoms with Crippen molar-refractivity contribution in [3.05, 3.63) is 0 Å². The Morgan fingerprint density at radius 1 is 1.30 bits per heavy atom. The van der Waals surface area contributed by atoms with Crippen LogP contribution in [0.25, 0.3) is 0 Å². The molecule has 0 aromatic rings.